The second-order valence-electron chi connectivity index (χ2n) is 6.09. The van der Waals surface area contributed by atoms with Crippen molar-refractivity contribution in [3.8, 4) is 17.2 Å². The number of phenolic OH excluding ortho intramolecular Hbond substituents is 1. The molecule has 0 radical (unpaired) electrons. The van der Waals surface area contributed by atoms with Crippen LogP contribution in [0.25, 0.3) is 0 Å². The van der Waals surface area contributed by atoms with Crippen LogP contribution in [0, 0.1) is 0 Å². The highest BCUT2D eigenvalue weighted by Gasteiger charge is 2.28. The van der Waals surface area contributed by atoms with E-state index in [1.807, 2.05) is 6.92 Å². The zero-order valence-corrected chi connectivity index (χ0v) is 16.2. The van der Waals surface area contributed by atoms with E-state index in [9.17, 15) is 18.3 Å². The van der Waals surface area contributed by atoms with Gasteiger partial charge in [-0.25, -0.2) is 4.99 Å². The van der Waals surface area contributed by atoms with Crippen molar-refractivity contribution < 1.29 is 27.8 Å². The van der Waals surface area contributed by atoms with E-state index in [1.165, 1.54) is 12.1 Å². The number of nitrogens with one attached hydrogen (secondary N) is 2. The fourth-order valence-corrected chi connectivity index (χ4v) is 2.38. The first-order valence-electron chi connectivity index (χ1n) is 8.97. The summed E-state index contributed by atoms with van der Waals surface area (Å²) in [4.78, 5) is 4.45. The lowest BCUT2D eigenvalue weighted by molar-refractivity contribution is -0.153. The summed E-state index contributed by atoms with van der Waals surface area (Å²) >= 11 is 0. The van der Waals surface area contributed by atoms with Crippen LogP contribution in [-0.2, 0) is 13.1 Å². The van der Waals surface area contributed by atoms with E-state index in [4.69, 9.17) is 4.74 Å². The van der Waals surface area contributed by atoms with Gasteiger partial charge in [-0.2, -0.15) is 13.2 Å². The van der Waals surface area contributed by atoms with Gasteiger partial charge in [0.1, 0.15) is 17.2 Å². The van der Waals surface area contributed by atoms with Crippen molar-refractivity contribution in [2.24, 2.45) is 4.99 Å². The van der Waals surface area contributed by atoms with E-state index in [-0.39, 0.29) is 11.5 Å². The summed E-state index contributed by atoms with van der Waals surface area (Å²) < 4.78 is 46.4. The molecule has 0 unspecified atom stereocenters. The smallest absolute Gasteiger partial charge is 0.422 e. The molecule has 0 saturated heterocycles. The molecule has 2 aromatic carbocycles. The predicted octanol–water partition coefficient (Wildman–Crippen LogP) is 3.60. The fraction of sp³-hybridized carbons (Fsp3) is 0.350. The van der Waals surface area contributed by atoms with Gasteiger partial charge in [0.2, 0.25) is 0 Å². The Labute approximate surface area is 167 Å². The number of guanidine groups is 1. The van der Waals surface area contributed by atoms with Crippen LogP contribution in [0.2, 0.25) is 0 Å². The Balaban J connectivity index is 1.96. The number of alkyl halides is 3. The van der Waals surface area contributed by atoms with Crippen molar-refractivity contribution in [3.63, 3.8) is 0 Å². The first-order valence-corrected chi connectivity index (χ1v) is 8.97. The largest absolute Gasteiger partial charge is 0.508 e. The van der Waals surface area contributed by atoms with E-state index in [0.29, 0.717) is 36.9 Å². The predicted molar refractivity (Wildman–Crippen MR) is 104 cm³/mol. The number of halogens is 3. The van der Waals surface area contributed by atoms with Crippen molar-refractivity contribution in [2.45, 2.75) is 26.2 Å². The Kier molecular flexibility index (Phi) is 7.99. The Morgan fingerprint density at radius 3 is 2.38 bits per heavy atom. The highest BCUT2D eigenvalue weighted by atomic mass is 19.4. The minimum absolute atomic E-state index is 0.142. The number of aliphatic imine (C=N–C) groups is 1. The number of benzene rings is 2. The minimum Gasteiger partial charge on any atom is -0.508 e. The zero-order valence-electron chi connectivity index (χ0n) is 16.2. The van der Waals surface area contributed by atoms with Crippen LogP contribution in [0.1, 0.15) is 18.1 Å². The van der Waals surface area contributed by atoms with Crippen LogP contribution in [-0.4, -0.2) is 37.5 Å². The van der Waals surface area contributed by atoms with Crippen LogP contribution in [0.5, 0.6) is 17.2 Å². The van der Waals surface area contributed by atoms with Gasteiger partial charge >= 0.3 is 6.18 Å². The maximum atomic E-state index is 12.2. The monoisotopic (exact) mass is 411 g/mol. The zero-order chi connectivity index (χ0) is 21.3. The molecule has 6 nitrogen and oxygen atoms in total. The number of hydrogen-bond donors (Lipinski definition) is 3. The average Bonchev–Trinajstić information content (AvgIpc) is 2.69. The third-order valence-electron chi connectivity index (χ3n) is 3.82. The fourth-order valence-electron chi connectivity index (χ4n) is 2.38. The summed E-state index contributed by atoms with van der Waals surface area (Å²) in [6.07, 6.45) is -4.37. The van der Waals surface area contributed by atoms with E-state index < -0.39 is 12.8 Å². The maximum Gasteiger partial charge on any atom is 0.422 e. The van der Waals surface area contributed by atoms with Gasteiger partial charge in [0.05, 0.1) is 13.7 Å². The Morgan fingerprint density at radius 2 is 1.76 bits per heavy atom. The quantitative estimate of drug-likeness (QED) is 0.457. The third kappa shape index (κ3) is 7.81. The van der Waals surface area contributed by atoms with Gasteiger partial charge in [-0.3, -0.25) is 0 Å². The van der Waals surface area contributed by atoms with Crippen molar-refractivity contribution in [2.75, 3.05) is 20.3 Å². The van der Waals surface area contributed by atoms with E-state index in [2.05, 4.69) is 20.4 Å². The molecular weight excluding hydrogens is 387 g/mol. The molecule has 0 fully saturated rings. The van der Waals surface area contributed by atoms with Crippen LogP contribution < -0.4 is 20.1 Å². The molecule has 0 aliphatic carbocycles. The lowest BCUT2D eigenvalue weighted by Crippen LogP contribution is -2.36. The van der Waals surface area contributed by atoms with Crippen LogP contribution in [0.4, 0.5) is 13.2 Å². The number of aromatic hydroxyl groups is 1. The molecule has 29 heavy (non-hydrogen) atoms. The van der Waals surface area contributed by atoms with Gasteiger partial charge in [0.25, 0.3) is 0 Å². The van der Waals surface area contributed by atoms with Gasteiger partial charge in [-0.05, 0) is 42.8 Å². The second-order valence-corrected chi connectivity index (χ2v) is 6.09. The summed E-state index contributed by atoms with van der Waals surface area (Å²) in [7, 11) is 1.55. The standard InChI is InChI=1S/C20H24F3N3O3/c1-3-24-19(26-12-15-10-17(28-2)8-9-18(15)27)25-11-14-4-6-16(7-5-14)29-13-20(21,22)23/h4-10,27H,3,11-13H2,1-2H3,(H2,24,25,26). The second kappa shape index (κ2) is 10.4. The maximum absolute atomic E-state index is 12.2. The number of ether oxygens (including phenoxy) is 2. The lowest BCUT2D eigenvalue weighted by Gasteiger charge is -2.13. The van der Waals surface area contributed by atoms with Crippen molar-refractivity contribution in [1.82, 2.24) is 10.6 Å². The highest BCUT2D eigenvalue weighted by molar-refractivity contribution is 5.79. The topological polar surface area (TPSA) is 75.1 Å². The lowest BCUT2D eigenvalue weighted by atomic mass is 10.2. The van der Waals surface area contributed by atoms with Crippen molar-refractivity contribution in [3.05, 3.63) is 53.6 Å². The van der Waals surface area contributed by atoms with Gasteiger partial charge in [0, 0.05) is 18.7 Å². The van der Waals surface area contributed by atoms with Gasteiger partial charge < -0.3 is 25.2 Å². The van der Waals surface area contributed by atoms with Gasteiger partial charge in [0.15, 0.2) is 12.6 Å². The Hall–Kier alpha value is -3.10. The van der Waals surface area contributed by atoms with Crippen LogP contribution in [0.3, 0.4) is 0 Å². The molecule has 3 N–H and O–H groups in total. The Bertz CT molecular complexity index is 809. The molecule has 0 aliphatic rings. The number of methoxy groups -OCH3 is 1. The molecule has 0 aromatic heterocycles. The van der Waals surface area contributed by atoms with Gasteiger partial charge in [-0.1, -0.05) is 12.1 Å². The summed E-state index contributed by atoms with van der Waals surface area (Å²) in [6, 6.07) is 11.2. The molecule has 158 valence electrons. The van der Waals surface area contributed by atoms with Crippen LogP contribution >= 0.6 is 0 Å². The molecule has 0 amide bonds. The molecular formula is C20H24F3N3O3. The van der Waals surface area contributed by atoms with Crippen molar-refractivity contribution in [1.29, 1.82) is 0 Å². The summed E-state index contributed by atoms with van der Waals surface area (Å²) in [5, 5.41) is 16.2. The average molecular weight is 411 g/mol. The molecule has 0 bridgehead atoms. The molecule has 0 spiro atoms. The van der Waals surface area contributed by atoms with Crippen LogP contribution in [0.15, 0.2) is 47.5 Å². The summed E-state index contributed by atoms with van der Waals surface area (Å²) in [5.74, 6) is 1.46. The molecule has 0 heterocycles. The Morgan fingerprint density at radius 1 is 1.07 bits per heavy atom. The van der Waals surface area contributed by atoms with Crippen molar-refractivity contribution >= 4 is 5.96 Å². The minimum atomic E-state index is -4.37. The molecule has 2 rings (SSSR count). The number of rotatable bonds is 8. The third-order valence-corrected chi connectivity index (χ3v) is 3.82. The summed E-state index contributed by atoms with van der Waals surface area (Å²) in [6.45, 7) is 1.89. The molecule has 2 aromatic rings. The van der Waals surface area contributed by atoms with Gasteiger partial charge in [-0.15, -0.1) is 0 Å². The SMILES string of the molecule is CCNC(=NCc1ccc(OCC(F)(F)F)cc1)NCc1cc(OC)ccc1O. The number of phenols is 1. The van der Waals surface area contributed by atoms with E-state index in [0.717, 1.165) is 5.56 Å². The molecule has 9 heteroatoms. The highest BCUT2D eigenvalue weighted by Crippen LogP contribution is 2.22. The normalized spacial score (nSPS) is 11.8. The molecule has 0 aliphatic heterocycles. The van der Waals surface area contributed by atoms with E-state index >= 15 is 0 Å². The number of hydrogen-bond acceptors (Lipinski definition) is 4. The first kappa shape index (κ1) is 22.2. The van der Waals surface area contributed by atoms with E-state index in [1.54, 1.807) is 37.4 Å². The first-order chi connectivity index (χ1) is 13.8. The molecule has 0 atom stereocenters. The molecule has 0 saturated carbocycles. The number of nitrogens with zero attached hydrogens (tertiary/aromatic N) is 1. The summed E-state index contributed by atoms with van der Waals surface area (Å²) in [5.41, 5.74) is 1.46.